The maximum atomic E-state index is 12.6. The summed E-state index contributed by atoms with van der Waals surface area (Å²) in [4.78, 5) is 11.2. The van der Waals surface area contributed by atoms with E-state index in [9.17, 15) is 23.1 Å². The van der Waals surface area contributed by atoms with E-state index in [4.69, 9.17) is 9.84 Å². The molecule has 0 bridgehead atoms. The van der Waals surface area contributed by atoms with Crippen molar-refractivity contribution in [3.05, 3.63) is 29.8 Å². The lowest BCUT2D eigenvalue weighted by atomic mass is 10.1. The van der Waals surface area contributed by atoms with Crippen molar-refractivity contribution in [2.24, 2.45) is 0 Å². The highest BCUT2D eigenvalue weighted by atomic mass is 19.4. The van der Waals surface area contributed by atoms with Crippen LogP contribution in [-0.4, -0.2) is 54.1 Å². The molecule has 0 fully saturated rings. The molecule has 0 aliphatic heterocycles. The molecule has 0 heterocycles. The van der Waals surface area contributed by atoms with Crippen molar-refractivity contribution < 1.29 is 32.9 Å². The Morgan fingerprint density at radius 3 is 2.65 bits per heavy atom. The maximum absolute atomic E-state index is 12.6. The van der Waals surface area contributed by atoms with Crippen molar-refractivity contribution in [2.75, 3.05) is 19.8 Å². The predicted octanol–water partition coefficient (Wildman–Crippen LogP) is 1.53. The summed E-state index contributed by atoms with van der Waals surface area (Å²) in [5.74, 6) is 0.203. The van der Waals surface area contributed by atoms with E-state index in [1.165, 1.54) is 13.0 Å². The van der Waals surface area contributed by atoms with Gasteiger partial charge in [-0.15, -0.1) is 0 Å². The average Bonchev–Trinajstić information content (AvgIpc) is 2.48. The number of nitrogens with one attached hydrogen (secondary N) is 1. The van der Waals surface area contributed by atoms with Gasteiger partial charge in [-0.1, -0.05) is 12.1 Å². The van der Waals surface area contributed by atoms with Crippen LogP contribution in [0.1, 0.15) is 23.7 Å². The van der Waals surface area contributed by atoms with Gasteiger partial charge < -0.3 is 20.3 Å². The van der Waals surface area contributed by atoms with Gasteiger partial charge in [-0.2, -0.15) is 13.2 Å². The van der Waals surface area contributed by atoms with Gasteiger partial charge in [0.15, 0.2) is 5.78 Å². The number of aliphatic hydroxyl groups excluding tert-OH is 2. The van der Waals surface area contributed by atoms with Crippen LogP contribution in [0.15, 0.2) is 24.3 Å². The van der Waals surface area contributed by atoms with E-state index in [1.54, 1.807) is 18.2 Å². The smallest absolute Gasteiger partial charge is 0.403 e. The molecule has 0 saturated heterocycles. The van der Waals surface area contributed by atoms with Crippen LogP contribution in [0.2, 0.25) is 0 Å². The molecule has 0 aliphatic carbocycles. The Balaban J connectivity index is 2.46. The largest absolute Gasteiger partial charge is 0.491 e. The van der Waals surface area contributed by atoms with E-state index in [0.29, 0.717) is 11.3 Å². The lowest BCUT2D eigenvalue weighted by molar-refractivity contribution is -0.160. The number of hydrogen-bond acceptors (Lipinski definition) is 5. The number of rotatable bonds is 9. The van der Waals surface area contributed by atoms with Crippen LogP contribution in [0, 0.1) is 0 Å². The second kappa shape index (κ2) is 8.85. The third-order valence-electron chi connectivity index (χ3n) is 3.10. The first-order valence-electron chi connectivity index (χ1n) is 7.07. The van der Waals surface area contributed by atoms with Crippen LogP contribution in [0.25, 0.3) is 0 Å². The molecule has 0 aromatic heterocycles. The Morgan fingerprint density at radius 2 is 2.09 bits per heavy atom. The molecule has 1 aromatic carbocycles. The SMILES string of the molecule is CC(=O)c1cccc(OC[C@H](O)CN[C@@H](CCO)C(F)(F)F)c1. The first-order chi connectivity index (χ1) is 10.7. The van der Waals surface area contributed by atoms with E-state index in [1.807, 2.05) is 0 Å². The summed E-state index contributed by atoms with van der Waals surface area (Å²) in [6.07, 6.45) is -6.16. The van der Waals surface area contributed by atoms with Gasteiger partial charge in [0.1, 0.15) is 24.5 Å². The van der Waals surface area contributed by atoms with Gasteiger partial charge in [0.2, 0.25) is 0 Å². The molecule has 0 aliphatic rings. The van der Waals surface area contributed by atoms with Crippen molar-refractivity contribution in [3.63, 3.8) is 0 Å². The molecular formula is C15H20F3NO4. The summed E-state index contributed by atoms with van der Waals surface area (Å²) in [7, 11) is 0. The van der Waals surface area contributed by atoms with Gasteiger partial charge in [0, 0.05) is 18.7 Å². The fraction of sp³-hybridized carbons (Fsp3) is 0.533. The normalized spacial score (nSPS) is 14.3. The van der Waals surface area contributed by atoms with Crippen molar-refractivity contribution in [2.45, 2.75) is 31.7 Å². The van der Waals surface area contributed by atoms with E-state index >= 15 is 0 Å². The Kier molecular flexibility index (Phi) is 7.47. The molecular weight excluding hydrogens is 315 g/mol. The molecule has 5 nitrogen and oxygen atoms in total. The molecule has 0 unspecified atom stereocenters. The highest BCUT2D eigenvalue weighted by molar-refractivity contribution is 5.94. The zero-order valence-electron chi connectivity index (χ0n) is 12.6. The Hall–Kier alpha value is -1.64. The van der Waals surface area contributed by atoms with Gasteiger partial charge in [-0.05, 0) is 25.5 Å². The van der Waals surface area contributed by atoms with Crippen LogP contribution < -0.4 is 10.1 Å². The standard InChI is InChI=1S/C15H20F3NO4/c1-10(21)11-3-2-4-13(7-11)23-9-12(22)8-19-14(5-6-20)15(16,17)18/h2-4,7,12,14,19-20,22H,5-6,8-9H2,1H3/t12-,14+/m1/s1. The van der Waals surface area contributed by atoms with Crippen LogP contribution in [0.4, 0.5) is 13.2 Å². The fourth-order valence-electron chi connectivity index (χ4n) is 1.85. The zero-order chi connectivity index (χ0) is 17.5. The van der Waals surface area contributed by atoms with Crippen molar-refractivity contribution in [3.8, 4) is 5.75 Å². The molecule has 0 saturated carbocycles. The van der Waals surface area contributed by atoms with Crippen LogP contribution in [0.5, 0.6) is 5.75 Å². The number of halogens is 3. The third kappa shape index (κ3) is 6.98. The van der Waals surface area contributed by atoms with Gasteiger partial charge in [-0.25, -0.2) is 0 Å². The maximum Gasteiger partial charge on any atom is 0.403 e. The quantitative estimate of drug-likeness (QED) is 0.597. The second-order valence-corrected chi connectivity index (χ2v) is 5.06. The molecule has 8 heteroatoms. The number of carbonyl (C=O) groups excluding carboxylic acids is 1. The van der Waals surface area contributed by atoms with E-state index in [0.717, 1.165) is 0 Å². The number of Topliss-reactive ketones (excluding diaryl/α,β-unsaturated/α-hetero) is 1. The number of carbonyl (C=O) groups is 1. The number of hydrogen-bond donors (Lipinski definition) is 3. The number of alkyl halides is 3. The van der Waals surface area contributed by atoms with E-state index in [-0.39, 0.29) is 18.9 Å². The summed E-state index contributed by atoms with van der Waals surface area (Å²) in [6.45, 7) is 0.229. The van der Waals surface area contributed by atoms with Gasteiger partial charge in [0.05, 0.1) is 0 Å². The molecule has 3 N–H and O–H groups in total. The van der Waals surface area contributed by atoms with Crippen molar-refractivity contribution >= 4 is 5.78 Å². The highest BCUT2D eigenvalue weighted by Gasteiger charge is 2.38. The Bertz CT molecular complexity index is 508. The van der Waals surface area contributed by atoms with Crippen molar-refractivity contribution in [1.82, 2.24) is 5.32 Å². The predicted molar refractivity (Wildman–Crippen MR) is 77.5 cm³/mol. The molecule has 130 valence electrons. The molecule has 0 amide bonds. The van der Waals surface area contributed by atoms with Gasteiger partial charge >= 0.3 is 6.18 Å². The van der Waals surface area contributed by atoms with Crippen LogP contribution >= 0.6 is 0 Å². The molecule has 1 rings (SSSR count). The number of aliphatic hydroxyl groups is 2. The summed E-state index contributed by atoms with van der Waals surface area (Å²) in [5, 5.41) is 20.5. The van der Waals surface area contributed by atoms with E-state index < -0.39 is 31.3 Å². The molecule has 1 aromatic rings. The average molecular weight is 335 g/mol. The van der Waals surface area contributed by atoms with Crippen molar-refractivity contribution in [1.29, 1.82) is 0 Å². The monoisotopic (exact) mass is 335 g/mol. The fourth-order valence-corrected chi connectivity index (χ4v) is 1.85. The first-order valence-corrected chi connectivity index (χ1v) is 7.07. The molecule has 0 spiro atoms. The highest BCUT2D eigenvalue weighted by Crippen LogP contribution is 2.22. The molecule has 0 radical (unpaired) electrons. The number of ketones is 1. The van der Waals surface area contributed by atoms with E-state index in [2.05, 4.69) is 5.32 Å². The summed E-state index contributed by atoms with van der Waals surface area (Å²) in [5.41, 5.74) is 0.440. The minimum absolute atomic E-state index is 0.144. The minimum Gasteiger partial charge on any atom is -0.491 e. The number of ether oxygens (including phenoxy) is 1. The van der Waals surface area contributed by atoms with Crippen LogP contribution in [0.3, 0.4) is 0 Å². The second-order valence-electron chi connectivity index (χ2n) is 5.06. The Morgan fingerprint density at radius 1 is 1.39 bits per heavy atom. The van der Waals surface area contributed by atoms with Gasteiger partial charge in [-0.3, -0.25) is 4.79 Å². The molecule has 23 heavy (non-hydrogen) atoms. The van der Waals surface area contributed by atoms with Crippen LogP contribution in [-0.2, 0) is 0 Å². The topological polar surface area (TPSA) is 78.8 Å². The summed E-state index contributed by atoms with van der Waals surface area (Å²) >= 11 is 0. The summed E-state index contributed by atoms with van der Waals surface area (Å²) in [6, 6.07) is 4.40. The number of benzene rings is 1. The first kappa shape index (κ1) is 19.4. The Labute approximate surface area is 132 Å². The van der Waals surface area contributed by atoms with Gasteiger partial charge in [0.25, 0.3) is 0 Å². The zero-order valence-corrected chi connectivity index (χ0v) is 12.6. The molecule has 2 atom stereocenters. The summed E-state index contributed by atoms with van der Waals surface area (Å²) < 4.78 is 43.1. The lowest BCUT2D eigenvalue weighted by Gasteiger charge is -2.22. The minimum atomic E-state index is -4.50. The third-order valence-corrected chi connectivity index (χ3v) is 3.10. The lowest BCUT2D eigenvalue weighted by Crippen LogP contribution is -2.46.